The van der Waals surface area contributed by atoms with Gasteiger partial charge in [0.1, 0.15) is 12.4 Å². The van der Waals surface area contributed by atoms with Crippen molar-refractivity contribution < 1.29 is 9.59 Å². The van der Waals surface area contributed by atoms with Crippen LogP contribution in [0.2, 0.25) is 0 Å². The lowest BCUT2D eigenvalue weighted by atomic mass is 10.2. The molecule has 0 aromatic carbocycles. The van der Waals surface area contributed by atoms with Crippen molar-refractivity contribution in [3.05, 3.63) is 18.2 Å². The van der Waals surface area contributed by atoms with Gasteiger partial charge >= 0.3 is 6.03 Å². The van der Waals surface area contributed by atoms with Crippen molar-refractivity contribution >= 4 is 11.9 Å². The normalized spacial score (nSPS) is 14.6. The number of carbonyl (C=O) groups excluding carboxylic acids is 2. The summed E-state index contributed by atoms with van der Waals surface area (Å²) in [6, 6.07) is -0.161. The molecule has 1 heterocycles. The maximum absolute atomic E-state index is 11.7. The number of rotatable bonds is 4. The number of amides is 3. The molecule has 2 N–H and O–H groups in total. The molecular weight excluding hydrogens is 232 g/mol. The summed E-state index contributed by atoms with van der Waals surface area (Å²) >= 11 is 0. The molecule has 2 rings (SSSR count). The Morgan fingerprint density at radius 3 is 2.83 bits per heavy atom. The van der Waals surface area contributed by atoms with Gasteiger partial charge in [-0.15, -0.1) is 0 Å². The third-order valence-corrected chi connectivity index (χ3v) is 2.74. The van der Waals surface area contributed by atoms with Crippen LogP contribution in [0.25, 0.3) is 0 Å². The van der Waals surface area contributed by atoms with Gasteiger partial charge in [-0.25, -0.2) is 9.78 Å². The number of aromatic nitrogens is 2. The smallest absolute Gasteiger partial charge is 0.321 e. The predicted molar refractivity (Wildman–Crippen MR) is 66.0 cm³/mol. The second-order valence-corrected chi connectivity index (χ2v) is 4.86. The summed E-state index contributed by atoms with van der Waals surface area (Å²) in [5, 5.41) is 5.02. The van der Waals surface area contributed by atoms with Crippen LogP contribution >= 0.6 is 0 Å². The molecule has 0 unspecified atom stereocenters. The quantitative estimate of drug-likeness (QED) is 0.836. The Kier molecular flexibility index (Phi) is 3.64. The number of hydrogen-bond donors (Lipinski definition) is 2. The minimum atomic E-state index is -0.409. The maximum atomic E-state index is 11.7. The topological polar surface area (TPSA) is 76.0 Å². The Morgan fingerprint density at radius 2 is 2.22 bits per heavy atom. The van der Waals surface area contributed by atoms with E-state index in [0.717, 1.165) is 18.7 Å². The zero-order valence-corrected chi connectivity index (χ0v) is 10.6. The average Bonchev–Trinajstić information content (AvgIpc) is 2.94. The van der Waals surface area contributed by atoms with E-state index >= 15 is 0 Å². The van der Waals surface area contributed by atoms with Crippen molar-refractivity contribution in [3.63, 3.8) is 0 Å². The number of imidazole rings is 1. The van der Waals surface area contributed by atoms with E-state index < -0.39 is 6.03 Å². The maximum Gasteiger partial charge on any atom is 0.321 e. The molecule has 1 aromatic rings. The monoisotopic (exact) mass is 250 g/mol. The molecule has 1 aromatic heterocycles. The fourth-order valence-electron chi connectivity index (χ4n) is 1.73. The Balaban J connectivity index is 1.86. The van der Waals surface area contributed by atoms with Crippen LogP contribution in [0.5, 0.6) is 0 Å². The molecule has 1 aliphatic carbocycles. The van der Waals surface area contributed by atoms with Gasteiger partial charge in [0.2, 0.25) is 5.91 Å². The van der Waals surface area contributed by atoms with E-state index in [1.165, 1.54) is 0 Å². The Morgan fingerprint density at radius 1 is 1.50 bits per heavy atom. The summed E-state index contributed by atoms with van der Waals surface area (Å²) in [7, 11) is 0. The lowest BCUT2D eigenvalue weighted by molar-refractivity contribution is -0.120. The van der Waals surface area contributed by atoms with Crippen molar-refractivity contribution in [2.45, 2.75) is 45.2 Å². The van der Waals surface area contributed by atoms with Gasteiger partial charge in [0, 0.05) is 24.4 Å². The van der Waals surface area contributed by atoms with E-state index in [1.54, 1.807) is 17.0 Å². The summed E-state index contributed by atoms with van der Waals surface area (Å²) in [4.78, 5) is 27.2. The Hall–Kier alpha value is -1.85. The first-order valence-electron chi connectivity index (χ1n) is 6.17. The molecule has 0 atom stereocenters. The van der Waals surface area contributed by atoms with E-state index in [-0.39, 0.29) is 24.4 Å². The molecule has 3 amide bonds. The summed E-state index contributed by atoms with van der Waals surface area (Å²) in [6.07, 6.45) is 5.40. The highest BCUT2D eigenvalue weighted by atomic mass is 16.2. The van der Waals surface area contributed by atoms with Crippen molar-refractivity contribution in [1.82, 2.24) is 20.2 Å². The van der Waals surface area contributed by atoms with Gasteiger partial charge in [0.25, 0.3) is 0 Å². The van der Waals surface area contributed by atoms with Crippen molar-refractivity contribution in [2.75, 3.05) is 0 Å². The molecule has 0 saturated heterocycles. The second kappa shape index (κ2) is 5.20. The highest BCUT2D eigenvalue weighted by Gasteiger charge is 2.24. The largest absolute Gasteiger partial charge is 0.335 e. The molecule has 98 valence electrons. The van der Waals surface area contributed by atoms with Gasteiger partial charge in [0.05, 0.1) is 0 Å². The highest BCUT2D eigenvalue weighted by molar-refractivity contribution is 5.94. The van der Waals surface area contributed by atoms with E-state index in [2.05, 4.69) is 15.6 Å². The van der Waals surface area contributed by atoms with Gasteiger partial charge in [-0.3, -0.25) is 10.1 Å². The summed E-state index contributed by atoms with van der Waals surface area (Å²) < 4.78 is 1.75. The summed E-state index contributed by atoms with van der Waals surface area (Å²) in [6.45, 7) is 4.14. The van der Waals surface area contributed by atoms with Crippen molar-refractivity contribution in [3.8, 4) is 0 Å². The lowest BCUT2D eigenvalue weighted by Crippen LogP contribution is -2.41. The minimum Gasteiger partial charge on any atom is -0.335 e. The molecule has 18 heavy (non-hydrogen) atoms. The third-order valence-electron chi connectivity index (χ3n) is 2.74. The molecule has 6 heteroatoms. The van der Waals surface area contributed by atoms with E-state index in [9.17, 15) is 9.59 Å². The first kappa shape index (κ1) is 12.6. The highest BCUT2D eigenvalue weighted by Crippen LogP contribution is 2.18. The predicted octanol–water partition coefficient (Wildman–Crippen LogP) is 0.995. The van der Waals surface area contributed by atoms with E-state index in [1.807, 2.05) is 13.8 Å². The molecule has 0 spiro atoms. The molecule has 0 aliphatic heterocycles. The number of carbonyl (C=O) groups is 2. The van der Waals surface area contributed by atoms with Gasteiger partial charge in [0.15, 0.2) is 0 Å². The van der Waals surface area contributed by atoms with E-state index in [0.29, 0.717) is 0 Å². The number of urea groups is 1. The molecule has 1 aliphatic rings. The average molecular weight is 250 g/mol. The minimum absolute atomic E-state index is 0.117. The molecular formula is C12H18N4O2. The number of nitrogens with one attached hydrogen (secondary N) is 2. The molecule has 0 radical (unpaired) electrons. The lowest BCUT2D eigenvalue weighted by Gasteiger charge is -2.10. The standard InChI is InChI=1S/C12H18N4O2/c1-8(2)11-13-5-6-16(11)7-10(17)15-12(18)14-9-3-4-9/h5-6,8-9H,3-4,7H2,1-2H3,(H2,14,15,17,18). The van der Waals surface area contributed by atoms with Gasteiger partial charge < -0.3 is 9.88 Å². The zero-order valence-electron chi connectivity index (χ0n) is 10.6. The summed E-state index contributed by atoms with van der Waals surface area (Å²) in [5.74, 6) is 0.758. The van der Waals surface area contributed by atoms with Crippen LogP contribution in [-0.2, 0) is 11.3 Å². The van der Waals surface area contributed by atoms with Crippen LogP contribution in [-0.4, -0.2) is 27.5 Å². The van der Waals surface area contributed by atoms with Crippen LogP contribution in [0.15, 0.2) is 12.4 Å². The SMILES string of the molecule is CC(C)c1nccn1CC(=O)NC(=O)NC1CC1. The number of nitrogens with zero attached hydrogens (tertiary/aromatic N) is 2. The first-order valence-corrected chi connectivity index (χ1v) is 6.17. The van der Waals surface area contributed by atoms with Crippen LogP contribution in [0.3, 0.4) is 0 Å². The molecule has 6 nitrogen and oxygen atoms in total. The van der Waals surface area contributed by atoms with Gasteiger partial charge in [-0.05, 0) is 12.8 Å². The second-order valence-electron chi connectivity index (χ2n) is 4.86. The first-order chi connectivity index (χ1) is 8.56. The van der Waals surface area contributed by atoms with Crippen LogP contribution in [0, 0.1) is 0 Å². The van der Waals surface area contributed by atoms with Crippen LogP contribution < -0.4 is 10.6 Å². The van der Waals surface area contributed by atoms with Gasteiger partial charge in [-0.2, -0.15) is 0 Å². The Labute approximate surface area is 106 Å². The third kappa shape index (κ3) is 3.32. The van der Waals surface area contributed by atoms with Crippen molar-refractivity contribution in [2.24, 2.45) is 0 Å². The zero-order chi connectivity index (χ0) is 13.1. The number of hydrogen-bond acceptors (Lipinski definition) is 3. The Bertz CT molecular complexity index is 449. The molecule has 1 fully saturated rings. The summed E-state index contributed by atoms with van der Waals surface area (Å²) in [5.41, 5.74) is 0. The van der Waals surface area contributed by atoms with Gasteiger partial charge in [-0.1, -0.05) is 13.8 Å². The fraction of sp³-hybridized carbons (Fsp3) is 0.583. The van der Waals surface area contributed by atoms with E-state index in [4.69, 9.17) is 0 Å². The number of imide groups is 1. The fourth-order valence-corrected chi connectivity index (χ4v) is 1.73. The van der Waals surface area contributed by atoms with Crippen molar-refractivity contribution in [1.29, 1.82) is 0 Å². The molecule has 1 saturated carbocycles. The van der Waals surface area contributed by atoms with Crippen LogP contribution in [0.1, 0.15) is 38.4 Å². The molecule has 0 bridgehead atoms. The van der Waals surface area contributed by atoms with Crippen LogP contribution in [0.4, 0.5) is 4.79 Å².